The second-order valence-corrected chi connectivity index (χ2v) is 6.56. The summed E-state index contributed by atoms with van der Waals surface area (Å²) in [6.45, 7) is 2.81. The summed E-state index contributed by atoms with van der Waals surface area (Å²) in [5.74, 6) is 0.537. The molecule has 1 nitrogen and oxygen atoms in total. The number of halogens is 2. The largest absolute Gasteiger partial charge is 0.494 e. The van der Waals surface area contributed by atoms with E-state index in [0.29, 0.717) is 0 Å². The first kappa shape index (κ1) is 20.7. The molecule has 0 unspecified atom stereocenters. The Balaban J connectivity index is 0.000000341. The molecule has 0 atom stereocenters. The summed E-state index contributed by atoms with van der Waals surface area (Å²) in [6, 6.07) is 16.5. The quantitative estimate of drug-likeness (QED) is 0.330. The van der Waals surface area contributed by atoms with Gasteiger partial charge < -0.3 is 4.74 Å². The van der Waals surface area contributed by atoms with Crippen LogP contribution in [0.4, 0.5) is 4.39 Å². The molecule has 0 fully saturated rings. The van der Waals surface area contributed by atoms with Crippen molar-refractivity contribution in [2.45, 2.75) is 45.4 Å². The number of aryl methyl sites for hydroxylation is 1. The number of alkyl halides is 1. The topological polar surface area (TPSA) is 9.23 Å². The van der Waals surface area contributed by atoms with Crippen LogP contribution >= 0.6 is 15.9 Å². The minimum absolute atomic E-state index is 0.218. The third-order valence-electron chi connectivity index (χ3n) is 3.55. The molecule has 0 saturated carbocycles. The molecule has 2 rings (SSSR count). The van der Waals surface area contributed by atoms with E-state index in [-0.39, 0.29) is 5.82 Å². The van der Waals surface area contributed by atoms with E-state index < -0.39 is 0 Å². The molecular formula is C21H28BrFO. The molecule has 0 spiro atoms. The Kier molecular flexibility index (Phi) is 12.1. The summed E-state index contributed by atoms with van der Waals surface area (Å²) >= 11 is 3.43. The van der Waals surface area contributed by atoms with Gasteiger partial charge in [0.15, 0.2) is 0 Å². The molecular weight excluding hydrogens is 367 g/mol. The molecule has 0 N–H and O–H groups in total. The monoisotopic (exact) mass is 394 g/mol. The Hall–Kier alpha value is -1.35. The highest BCUT2D eigenvalue weighted by Crippen LogP contribution is 2.12. The molecule has 0 aromatic heterocycles. The van der Waals surface area contributed by atoms with Crippen LogP contribution in [-0.2, 0) is 0 Å². The van der Waals surface area contributed by atoms with Crippen LogP contribution in [-0.4, -0.2) is 11.9 Å². The molecule has 0 amide bonds. The van der Waals surface area contributed by atoms with Crippen LogP contribution in [0.3, 0.4) is 0 Å². The lowest BCUT2D eigenvalue weighted by Crippen LogP contribution is -1.97. The van der Waals surface area contributed by atoms with E-state index in [2.05, 4.69) is 35.0 Å². The second-order valence-electron chi connectivity index (χ2n) is 5.77. The van der Waals surface area contributed by atoms with Crippen LogP contribution < -0.4 is 4.74 Å². The fourth-order valence-corrected chi connectivity index (χ4v) is 2.56. The molecule has 0 aliphatic rings. The number of unbranched alkanes of at least 4 members (excludes halogenated alkanes) is 5. The maximum Gasteiger partial charge on any atom is 0.123 e. The number of benzene rings is 2. The summed E-state index contributed by atoms with van der Waals surface area (Å²) in [7, 11) is 0. The van der Waals surface area contributed by atoms with Crippen molar-refractivity contribution in [2.24, 2.45) is 0 Å². The van der Waals surface area contributed by atoms with E-state index in [9.17, 15) is 4.39 Å². The summed E-state index contributed by atoms with van der Waals surface area (Å²) in [5, 5.41) is 1.11. The van der Waals surface area contributed by atoms with E-state index in [4.69, 9.17) is 4.74 Å². The van der Waals surface area contributed by atoms with Gasteiger partial charge in [-0.1, -0.05) is 77.5 Å². The highest BCUT2D eigenvalue weighted by atomic mass is 79.9. The molecule has 2 aromatic carbocycles. The van der Waals surface area contributed by atoms with Gasteiger partial charge in [-0.2, -0.15) is 0 Å². The maximum atomic E-state index is 12.6. The molecule has 0 heterocycles. The van der Waals surface area contributed by atoms with E-state index >= 15 is 0 Å². The Labute approximate surface area is 154 Å². The second kappa shape index (κ2) is 14.0. The molecule has 132 valence electrons. The van der Waals surface area contributed by atoms with Crippen LogP contribution in [0.1, 0.15) is 44.1 Å². The summed E-state index contributed by atoms with van der Waals surface area (Å²) in [5.41, 5.74) is 1.32. The zero-order valence-electron chi connectivity index (χ0n) is 14.5. The van der Waals surface area contributed by atoms with Gasteiger partial charge in [-0.05, 0) is 44.0 Å². The third-order valence-corrected chi connectivity index (χ3v) is 4.11. The molecule has 0 aliphatic heterocycles. The smallest absolute Gasteiger partial charge is 0.123 e. The number of hydrogen-bond donors (Lipinski definition) is 0. The Morgan fingerprint density at radius 2 is 1.38 bits per heavy atom. The Morgan fingerprint density at radius 3 is 1.92 bits per heavy atom. The molecule has 24 heavy (non-hydrogen) atoms. The van der Waals surface area contributed by atoms with Crippen LogP contribution in [0.15, 0.2) is 54.6 Å². The lowest BCUT2D eigenvalue weighted by molar-refractivity contribution is 0.304. The van der Waals surface area contributed by atoms with Gasteiger partial charge in [-0.3, -0.25) is 0 Å². The molecule has 3 heteroatoms. The first-order valence-corrected chi connectivity index (χ1v) is 9.80. The summed E-state index contributed by atoms with van der Waals surface area (Å²) < 4.78 is 18.1. The van der Waals surface area contributed by atoms with Gasteiger partial charge in [0.05, 0.1) is 6.61 Å². The Morgan fingerprint density at radius 1 is 0.792 bits per heavy atom. The van der Waals surface area contributed by atoms with E-state index in [1.54, 1.807) is 12.1 Å². The average Bonchev–Trinajstić information content (AvgIpc) is 2.60. The first-order chi connectivity index (χ1) is 11.7. The first-order valence-electron chi connectivity index (χ1n) is 8.68. The van der Waals surface area contributed by atoms with Crippen molar-refractivity contribution in [3.8, 4) is 5.75 Å². The molecule has 0 saturated heterocycles. The molecule has 2 aromatic rings. The van der Waals surface area contributed by atoms with Gasteiger partial charge in [0.25, 0.3) is 0 Å². The minimum Gasteiger partial charge on any atom is -0.494 e. The van der Waals surface area contributed by atoms with E-state index in [0.717, 1.165) is 24.1 Å². The highest BCUT2D eigenvalue weighted by Gasteiger charge is 1.95. The van der Waals surface area contributed by atoms with Crippen LogP contribution in [0.5, 0.6) is 5.75 Å². The van der Waals surface area contributed by atoms with Crippen molar-refractivity contribution in [3.63, 3.8) is 0 Å². The van der Waals surface area contributed by atoms with Crippen molar-refractivity contribution in [1.82, 2.24) is 0 Å². The van der Waals surface area contributed by atoms with Crippen molar-refractivity contribution < 1.29 is 9.13 Å². The van der Waals surface area contributed by atoms with Crippen molar-refractivity contribution in [2.75, 3.05) is 11.9 Å². The van der Waals surface area contributed by atoms with Gasteiger partial charge in [0.1, 0.15) is 11.6 Å². The highest BCUT2D eigenvalue weighted by molar-refractivity contribution is 9.09. The normalized spacial score (nSPS) is 9.96. The number of ether oxygens (including phenoxy) is 1. The molecule has 0 bridgehead atoms. The number of rotatable bonds is 9. The predicted molar refractivity (Wildman–Crippen MR) is 105 cm³/mol. The van der Waals surface area contributed by atoms with Gasteiger partial charge in [0.2, 0.25) is 0 Å². The molecule has 0 radical (unpaired) electrons. The SMILES string of the molecule is Cc1ccccc1.Fc1ccc(OCCCCCCCCBr)cc1. The predicted octanol–water partition coefficient (Wildman–Crippen LogP) is 6.94. The van der Waals surface area contributed by atoms with Crippen LogP contribution in [0.2, 0.25) is 0 Å². The van der Waals surface area contributed by atoms with Gasteiger partial charge in [-0.25, -0.2) is 4.39 Å². The minimum atomic E-state index is -0.218. The van der Waals surface area contributed by atoms with Crippen LogP contribution in [0, 0.1) is 12.7 Å². The van der Waals surface area contributed by atoms with Gasteiger partial charge in [0, 0.05) is 5.33 Å². The third kappa shape index (κ3) is 11.2. The maximum absolute atomic E-state index is 12.6. The van der Waals surface area contributed by atoms with Crippen molar-refractivity contribution in [1.29, 1.82) is 0 Å². The number of hydrogen-bond acceptors (Lipinski definition) is 1. The van der Waals surface area contributed by atoms with Crippen molar-refractivity contribution in [3.05, 3.63) is 66.0 Å². The fourth-order valence-electron chi connectivity index (χ4n) is 2.16. The summed E-state index contributed by atoms with van der Waals surface area (Å²) in [4.78, 5) is 0. The zero-order chi connectivity index (χ0) is 17.5. The van der Waals surface area contributed by atoms with Gasteiger partial charge in [-0.15, -0.1) is 0 Å². The Bertz CT molecular complexity index is 513. The van der Waals surface area contributed by atoms with Gasteiger partial charge >= 0.3 is 0 Å². The van der Waals surface area contributed by atoms with Crippen molar-refractivity contribution >= 4 is 15.9 Å². The average molecular weight is 395 g/mol. The van der Waals surface area contributed by atoms with E-state index in [1.807, 2.05) is 18.2 Å². The van der Waals surface area contributed by atoms with Crippen LogP contribution in [0.25, 0.3) is 0 Å². The molecule has 0 aliphatic carbocycles. The lowest BCUT2D eigenvalue weighted by Gasteiger charge is -2.05. The summed E-state index contributed by atoms with van der Waals surface area (Å²) in [6.07, 6.45) is 7.45. The van der Waals surface area contributed by atoms with E-state index in [1.165, 1.54) is 49.8 Å². The fraction of sp³-hybridized carbons (Fsp3) is 0.429. The zero-order valence-corrected chi connectivity index (χ0v) is 16.1. The lowest BCUT2D eigenvalue weighted by atomic mass is 10.1. The standard InChI is InChI=1S/C14H20BrFO.C7H8/c15-11-5-3-1-2-4-6-12-17-14-9-7-13(16)8-10-14;1-7-5-3-2-4-6-7/h7-10H,1-6,11-12H2;2-6H,1H3.